The Morgan fingerprint density at radius 2 is 2.18 bits per heavy atom. The van der Waals surface area contributed by atoms with Crippen LogP contribution in [0, 0.1) is 0 Å². The molecule has 0 aromatic carbocycles. The summed E-state index contributed by atoms with van der Waals surface area (Å²) in [6.07, 6.45) is 2.57. The third-order valence-corrected chi connectivity index (χ3v) is 4.21. The van der Waals surface area contributed by atoms with Gasteiger partial charge in [-0.15, -0.1) is 11.3 Å². The van der Waals surface area contributed by atoms with Crippen molar-refractivity contribution in [1.29, 1.82) is 0 Å². The van der Waals surface area contributed by atoms with E-state index in [4.69, 9.17) is 27.6 Å². The van der Waals surface area contributed by atoms with Crippen LogP contribution in [0.3, 0.4) is 0 Å². The van der Waals surface area contributed by atoms with Crippen molar-refractivity contribution in [2.45, 2.75) is 19.4 Å². The van der Waals surface area contributed by atoms with Crippen molar-refractivity contribution in [3.05, 3.63) is 44.0 Å². The lowest BCUT2D eigenvalue weighted by atomic mass is 10.0. The minimum atomic E-state index is 0.0277. The molecule has 2 rings (SSSR count). The van der Waals surface area contributed by atoms with Gasteiger partial charge in [0.25, 0.3) is 0 Å². The molecule has 0 saturated carbocycles. The molecular weight excluding hydrogens is 277 g/mol. The number of hydrogen-bond acceptors (Lipinski definition) is 3. The SMILES string of the molecule is CCc1occc1C(NC)c1cc(Cl)sc1Cl. The molecule has 0 spiro atoms. The van der Waals surface area contributed by atoms with Crippen molar-refractivity contribution in [3.8, 4) is 0 Å². The van der Waals surface area contributed by atoms with Gasteiger partial charge < -0.3 is 9.73 Å². The molecule has 0 radical (unpaired) electrons. The molecule has 0 bridgehead atoms. The minimum absolute atomic E-state index is 0.0277. The highest BCUT2D eigenvalue weighted by molar-refractivity contribution is 7.20. The maximum atomic E-state index is 6.19. The number of thiophene rings is 1. The number of rotatable bonds is 4. The average molecular weight is 290 g/mol. The quantitative estimate of drug-likeness (QED) is 0.895. The fourth-order valence-corrected chi connectivity index (χ4v) is 3.46. The van der Waals surface area contributed by atoms with Crippen LogP contribution < -0.4 is 5.32 Å². The standard InChI is InChI=1S/C12H13Cl2NOS/c1-3-9-7(4-5-16-9)11(15-2)8-6-10(13)17-12(8)14/h4-6,11,15H,3H2,1-2H3. The van der Waals surface area contributed by atoms with Gasteiger partial charge in [0.15, 0.2) is 0 Å². The van der Waals surface area contributed by atoms with E-state index in [0.29, 0.717) is 4.34 Å². The Kier molecular flexibility index (Phi) is 4.15. The molecule has 92 valence electrons. The molecule has 0 saturated heterocycles. The van der Waals surface area contributed by atoms with E-state index in [9.17, 15) is 0 Å². The van der Waals surface area contributed by atoms with Crippen LogP contribution in [0.1, 0.15) is 29.9 Å². The van der Waals surface area contributed by atoms with E-state index in [0.717, 1.165) is 27.6 Å². The smallest absolute Gasteiger partial charge is 0.108 e. The van der Waals surface area contributed by atoms with Gasteiger partial charge in [0.05, 0.1) is 21.0 Å². The summed E-state index contributed by atoms with van der Waals surface area (Å²) >= 11 is 13.6. The predicted octanol–water partition coefficient (Wildman–Crippen LogP) is 4.52. The van der Waals surface area contributed by atoms with E-state index in [2.05, 4.69) is 12.2 Å². The Balaban J connectivity index is 2.43. The van der Waals surface area contributed by atoms with Gasteiger partial charge >= 0.3 is 0 Å². The van der Waals surface area contributed by atoms with E-state index < -0.39 is 0 Å². The highest BCUT2D eigenvalue weighted by atomic mass is 35.5. The first-order chi connectivity index (χ1) is 8.17. The van der Waals surface area contributed by atoms with Gasteiger partial charge in [-0.3, -0.25) is 0 Å². The van der Waals surface area contributed by atoms with Gasteiger partial charge in [-0.05, 0) is 19.2 Å². The first-order valence-electron chi connectivity index (χ1n) is 5.35. The molecule has 0 aliphatic carbocycles. The molecule has 0 aliphatic rings. The van der Waals surface area contributed by atoms with Crippen molar-refractivity contribution in [3.63, 3.8) is 0 Å². The summed E-state index contributed by atoms with van der Waals surface area (Å²) in [6.45, 7) is 2.07. The van der Waals surface area contributed by atoms with Crippen molar-refractivity contribution in [2.24, 2.45) is 0 Å². The van der Waals surface area contributed by atoms with E-state index in [1.54, 1.807) is 6.26 Å². The molecule has 2 nitrogen and oxygen atoms in total. The highest BCUT2D eigenvalue weighted by Gasteiger charge is 2.21. The van der Waals surface area contributed by atoms with Crippen LogP contribution in [0.4, 0.5) is 0 Å². The number of hydrogen-bond donors (Lipinski definition) is 1. The molecule has 2 aromatic heterocycles. The first kappa shape index (κ1) is 13.0. The molecule has 1 atom stereocenters. The summed E-state index contributed by atoms with van der Waals surface area (Å²) in [5.41, 5.74) is 2.12. The second-order valence-electron chi connectivity index (χ2n) is 3.65. The summed E-state index contributed by atoms with van der Waals surface area (Å²) < 4.78 is 6.87. The zero-order chi connectivity index (χ0) is 12.4. The molecule has 0 aliphatic heterocycles. The van der Waals surface area contributed by atoms with Gasteiger partial charge in [0, 0.05) is 17.5 Å². The molecule has 0 fully saturated rings. The van der Waals surface area contributed by atoms with Crippen LogP contribution in [-0.4, -0.2) is 7.05 Å². The van der Waals surface area contributed by atoms with Gasteiger partial charge in [0.2, 0.25) is 0 Å². The number of nitrogens with one attached hydrogen (secondary N) is 1. The van der Waals surface area contributed by atoms with Crippen LogP contribution in [-0.2, 0) is 6.42 Å². The van der Waals surface area contributed by atoms with E-state index >= 15 is 0 Å². The normalized spacial score (nSPS) is 12.9. The number of halogens is 2. The zero-order valence-corrected chi connectivity index (χ0v) is 11.9. The van der Waals surface area contributed by atoms with Crippen LogP contribution in [0.25, 0.3) is 0 Å². The topological polar surface area (TPSA) is 25.2 Å². The third kappa shape index (κ3) is 2.52. The monoisotopic (exact) mass is 289 g/mol. The second kappa shape index (κ2) is 5.44. The van der Waals surface area contributed by atoms with Crippen LogP contribution >= 0.6 is 34.5 Å². The molecule has 1 unspecified atom stereocenters. The van der Waals surface area contributed by atoms with E-state index in [1.165, 1.54) is 11.3 Å². The Bertz CT molecular complexity index is 506. The molecule has 0 amide bonds. The van der Waals surface area contributed by atoms with Gasteiger partial charge in [0.1, 0.15) is 5.76 Å². The van der Waals surface area contributed by atoms with Crippen molar-refractivity contribution in [2.75, 3.05) is 7.05 Å². The van der Waals surface area contributed by atoms with E-state index in [1.807, 2.05) is 19.2 Å². The van der Waals surface area contributed by atoms with E-state index in [-0.39, 0.29) is 6.04 Å². The largest absolute Gasteiger partial charge is 0.469 e. The predicted molar refractivity (Wildman–Crippen MR) is 73.3 cm³/mol. The van der Waals surface area contributed by atoms with Crippen molar-refractivity contribution in [1.82, 2.24) is 5.32 Å². The van der Waals surface area contributed by atoms with Crippen LogP contribution in [0.15, 0.2) is 22.8 Å². The number of furan rings is 1. The average Bonchev–Trinajstić information content (AvgIpc) is 2.88. The second-order valence-corrected chi connectivity index (χ2v) is 5.94. The lowest BCUT2D eigenvalue weighted by Gasteiger charge is -2.15. The maximum absolute atomic E-state index is 6.19. The summed E-state index contributed by atoms with van der Waals surface area (Å²) in [6, 6.07) is 3.91. The van der Waals surface area contributed by atoms with Gasteiger partial charge in [-0.1, -0.05) is 30.1 Å². The van der Waals surface area contributed by atoms with Crippen LogP contribution in [0.2, 0.25) is 8.67 Å². The first-order valence-corrected chi connectivity index (χ1v) is 6.92. The molecule has 17 heavy (non-hydrogen) atoms. The Labute approximate surface area is 115 Å². The number of aryl methyl sites for hydroxylation is 1. The summed E-state index contributed by atoms with van der Waals surface area (Å²) in [5, 5.41) is 3.25. The fraction of sp³-hybridized carbons (Fsp3) is 0.333. The highest BCUT2D eigenvalue weighted by Crippen LogP contribution is 2.38. The Hall–Kier alpha value is -0.480. The molecule has 1 N–H and O–H groups in total. The zero-order valence-electron chi connectivity index (χ0n) is 9.59. The third-order valence-electron chi connectivity index (χ3n) is 2.69. The fourth-order valence-electron chi connectivity index (χ4n) is 1.92. The summed E-state index contributed by atoms with van der Waals surface area (Å²) in [4.78, 5) is 0. The maximum Gasteiger partial charge on any atom is 0.108 e. The molecule has 2 heterocycles. The Morgan fingerprint density at radius 1 is 1.41 bits per heavy atom. The van der Waals surface area contributed by atoms with Crippen LogP contribution in [0.5, 0.6) is 0 Å². The molecule has 5 heteroatoms. The lowest BCUT2D eigenvalue weighted by molar-refractivity contribution is 0.505. The Morgan fingerprint density at radius 3 is 2.71 bits per heavy atom. The van der Waals surface area contributed by atoms with Crippen molar-refractivity contribution < 1.29 is 4.42 Å². The van der Waals surface area contributed by atoms with Gasteiger partial charge in [-0.25, -0.2) is 0 Å². The molecular formula is C12H13Cl2NOS. The van der Waals surface area contributed by atoms with Crippen molar-refractivity contribution >= 4 is 34.5 Å². The molecule has 2 aromatic rings. The lowest BCUT2D eigenvalue weighted by Crippen LogP contribution is -2.17. The summed E-state index contributed by atoms with van der Waals surface area (Å²) in [5.74, 6) is 0.975. The minimum Gasteiger partial charge on any atom is -0.469 e. The van der Waals surface area contributed by atoms with Gasteiger partial charge in [-0.2, -0.15) is 0 Å². The summed E-state index contributed by atoms with van der Waals surface area (Å²) in [7, 11) is 1.90.